The van der Waals surface area contributed by atoms with Gasteiger partial charge in [-0.3, -0.25) is 9.52 Å². The minimum Gasteiger partial charge on any atom is -0.467 e. The van der Waals surface area contributed by atoms with E-state index < -0.39 is 10.0 Å². The predicted octanol–water partition coefficient (Wildman–Crippen LogP) is 3.97. The van der Waals surface area contributed by atoms with Gasteiger partial charge in [0.2, 0.25) is 0 Å². The van der Waals surface area contributed by atoms with Crippen molar-refractivity contribution in [2.75, 3.05) is 4.72 Å². The van der Waals surface area contributed by atoms with E-state index in [-0.39, 0.29) is 33.6 Å². The number of hydrogen-bond acceptors (Lipinski definition) is 4. The van der Waals surface area contributed by atoms with Crippen molar-refractivity contribution >= 4 is 33.2 Å². The predicted molar refractivity (Wildman–Crippen MR) is 103 cm³/mol. The molecule has 0 spiro atoms. The Labute approximate surface area is 162 Å². The highest BCUT2D eigenvalue weighted by atomic mass is 35.5. The number of halogens is 1. The lowest BCUT2D eigenvalue weighted by atomic mass is 10.2. The molecule has 1 amide bonds. The largest absolute Gasteiger partial charge is 0.467 e. The number of hydrogen-bond donors (Lipinski definition) is 2. The molecule has 8 heteroatoms. The minimum atomic E-state index is -3.74. The van der Waals surface area contributed by atoms with Gasteiger partial charge in [0, 0.05) is 0 Å². The molecule has 0 aliphatic rings. The zero-order valence-corrected chi connectivity index (χ0v) is 16.0. The van der Waals surface area contributed by atoms with Crippen molar-refractivity contribution in [2.45, 2.75) is 18.4 Å². The van der Waals surface area contributed by atoms with Gasteiger partial charge in [-0.1, -0.05) is 29.3 Å². The number of rotatable bonds is 6. The highest BCUT2D eigenvalue weighted by molar-refractivity contribution is 7.92. The number of anilines is 1. The molecule has 0 aliphatic heterocycles. The molecule has 2 aromatic carbocycles. The zero-order chi connectivity index (χ0) is 19.4. The molecule has 3 aromatic rings. The standard InChI is InChI=1S/C19H17ClN2O4S/c1-13-4-7-16(8-5-13)27(24,25)22-14-6-9-17(18(20)11-14)19(23)21-12-15-3-2-10-26-15/h2-11,22H,12H2,1H3,(H,21,23). The molecule has 0 aliphatic carbocycles. The van der Waals surface area contributed by atoms with Gasteiger partial charge in [0.15, 0.2) is 0 Å². The van der Waals surface area contributed by atoms with Crippen LogP contribution in [0.4, 0.5) is 5.69 Å². The maximum absolute atomic E-state index is 12.4. The Morgan fingerprint density at radius 3 is 2.48 bits per heavy atom. The summed E-state index contributed by atoms with van der Waals surface area (Å²) in [4.78, 5) is 12.4. The third-order valence-corrected chi connectivity index (χ3v) is 5.51. The van der Waals surface area contributed by atoms with Gasteiger partial charge in [0.05, 0.1) is 34.0 Å². The van der Waals surface area contributed by atoms with E-state index in [1.807, 2.05) is 6.92 Å². The van der Waals surface area contributed by atoms with Gasteiger partial charge in [-0.15, -0.1) is 0 Å². The first-order valence-corrected chi connectivity index (χ1v) is 9.91. The van der Waals surface area contributed by atoms with E-state index in [9.17, 15) is 13.2 Å². The van der Waals surface area contributed by atoms with Crippen LogP contribution >= 0.6 is 11.6 Å². The molecule has 0 unspecified atom stereocenters. The van der Waals surface area contributed by atoms with Crippen molar-refractivity contribution in [2.24, 2.45) is 0 Å². The average molecular weight is 405 g/mol. The second kappa shape index (κ2) is 7.85. The van der Waals surface area contributed by atoms with Crippen LogP contribution in [0, 0.1) is 6.92 Å². The third-order valence-electron chi connectivity index (χ3n) is 3.80. The molecule has 0 radical (unpaired) electrons. The van der Waals surface area contributed by atoms with Gasteiger partial charge in [-0.2, -0.15) is 0 Å². The van der Waals surface area contributed by atoms with Crippen LogP contribution in [-0.4, -0.2) is 14.3 Å². The van der Waals surface area contributed by atoms with Crippen molar-refractivity contribution in [3.63, 3.8) is 0 Å². The summed E-state index contributed by atoms with van der Waals surface area (Å²) in [6, 6.07) is 14.3. The normalized spacial score (nSPS) is 11.2. The molecule has 27 heavy (non-hydrogen) atoms. The number of carbonyl (C=O) groups is 1. The molecule has 2 N–H and O–H groups in total. The van der Waals surface area contributed by atoms with Crippen molar-refractivity contribution < 1.29 is 17.6 Å². The number of furan rings is 1. The van der Waals surface area contributed by atoms with Crippen LogP contribution < -0.4 is 10.0 Å². The van der Waals surface area contributed by atoms with Crippen LogP contribution in [-0.2, 0) is 16.6 Å². The van der Waals surface area contributed by atoms with Gasteiger partial charge >= 0.3 is 0 Å². The van der Waals surface area contributed by atoms with Gasteiger partial charge in [-0.05, 0) is 49.4 Å². The summed E-state index contributed by atoms with van der Waals surface area (Å²) < 4.78 is 32.5. The second-order valence-corrected chi connectivity index (χ2v) is 7.96. The summed E-state index contributed by atoms with van der Waals surface area (Å²) in [5.41, 5.74) is 1.46. The SMILES string of the molecule is Cc1ccc(S(=O)(=O)Nc2ccc(C(=O)NCc3ccco3)c(Cl)c2)cc1. The Hall–Kier alpha value is -2.77. The van der Waals surface area contributed by atoms with E-state index in [2.05, 4.69) is 10.0 Å². The molecule has 1 aromatic heterocycles. The first-order valence-electron chi connectivity index (χ1n) is 8.05. The third kappa shape index (κ3) is 4.69. The lowest BCUT2D eigenvalue weighted by Gasteiger charge is -2.11. The fourth-order valence-corrected chi connectivity index (χ4v) is 3.69. The molecular formula is C19H17ClN2O4S. The molecule has 140 valence electrons. The summed E-state index contributed by atoms with van der Waals surface area (Å²) in [6.07, 6.45) is 1.52. The van der Waals surface area contributed by atoms with Crippen molar-refractivity contribution in [1.82, 2.24) is 5.32 Å². The first kappa shape index (κ1) is 19.0. The Morgan fingerprint density at radius 2 is 1.85 bits per heavy atom. The Kier molecular flexibility index (Phi) is 5.53. The quantitative estimate of drug-likeness (QED) is 0.650. The van der Waals surface area contributed by atoms with Crippen LogP contribution in [0.2, 0.25) is 5.02 Å². The molecule has 0 saturated heterocycles. The summed E-state index contributed by atoms with van der Waals surface area (Å²) in [6.45, 7) is 2.10. The Morgan fingerprint density at radius 1 is 1.11 bits per heavy atom. The first-order chi connectivity index (χ1) is 12.8. The van der Waals surface area contributed by atoms with Crippen molar-refractivity contribution in [1.29, 1.82) is 0 Å². The summed E-state index contributed by atoms with van der Waals surface area (Å²) in [5, 5.41) is 2.82. The monoisotopic (exact) mass is 404 g/mol. The number of sulfonamides is 1. The fraction of sp³-hybridized carbons (Fsp3) is 0.105. The average Bonchev–Trinajstić information content (AvgIpc) is 3.13. The number of nitrogens with one attached hydrogen (secondary N) is 2. The number of aryl methyl sites for hydroxylation is 1. The summed E-state index contributed by atoms with van der Waals surface area (Å²) in [7, 11) is -3.74. The highest BCUT2D eigenvalue weighted by Crippen LogP contribution is 2.23. The number of amides is 1. The van der Waals surface area contributed by atoms with Gasteiger partial charge in [-0.25, -0.2) is 8.42 Å². The second-order valence-electron chi connectivity index (χ2n) is 5.88. The molecule has 0 saturated carbocycles. The molecule has 3 rings (SSSR count). The van der Waals surface area contributed by atoms with Gasteiger partial charge < -0.3 is 9.73 Å². The van der Waals surface area contributed by atoms with E-state index in [0.29, 0.717) is 5.76 Å². The zero-order valence-electron chi connectivity index (χ0n) is 14.4. The maximum atomic E-state index is 12.4. The Balaban J connectivity index is 1.72. The molecule has 0 fully saturated rings. The highest BCUT2D eigenvalue weighted by Gasteiger charge is 2.16. The van der Waals surface area contributed by atoms with E-state index >= 15 is 0 Å². The molecular weight excluding hydrogens is 388 g/mol. The van der Waals surface area contributed by atoms with Crippen LogP contribution in [0.1, 0.15) is 21.7 Å². The molecule has 6 nitrogen and oxygen atoms in total. The van der Waals surface area contributed by atoms with Crippen LogP contribution in [0.25, 0.3) is 0 Å². The summed E-state index contributed by atoms with van der Waals surface area (Å²) >= 11 is 6.16. The van der Waals surface area contributed by atoms with E-state index in [0.717, 1.165) is 5.56 Å². The van der Waals surface area contributed by atoms with Crippen molar-refractivity contribution in [3.05, 3.63) is 82.8 Å². The summed E-state index contributed by atoms with van der Waals surface area (Å²) in [5.74, 6) is 0.228. The number of carbonyl (C=O) groups excluding carboxylic acids is 1. The molecule has 0 atom stereocenters. The fourth-order valence-electron chi connectivity index (χ4n) is 2.37. The maximum Gasteiger partial charge on any atom is 0.261 e. The lowest BCUT2D eigenvalue weighted by Crippen LogP contribution is -2.23. The van der Waals surface area contributed by atoms with Gasteiger partial charge in [0.25, 0.3) is 15.9 Å². The van der Waals surface area contributed by atoms with Gasteiger partial charge in [0.1, 0.15) is 5.76 Å². The van der Waals surface area contributed by atoms with E-state index in [1.54, 1.807) is 24.3 Å². The molecule has 1 heterocycles. The van der Waals surface area contributed by atoms with E-state index in [1.165, 1.54) is 36.6 Å². The van der Waals surface area contributed by atoms with Crippen LogP contribution in [0.15, 0.2) is 70.2 Å². The van der Waals surface area contributed by atoms with Crippen LogP contribution in [0.5, 0.6) is 0 Å². The molecule has 0 bridgehead atoms. The minimum absolute atomic E-state index is 0.135. The van der Waals surface area contributed by atoms with Crippen molar-refractivity contribution in [3.8, 4) is 0 Å². The number of benzene rings is 2. The van der Waals surface area contributed by atoms with Crippen LogP contribution in [0.3, 0.4) is 0 Å². The topological polar surface area (TPSA) is 88.4 Å². The Bertz CT molecular complexity index is 1050. The lowest BCUT2D eigenvalue weighted by molar-refractivity contribution is 0.0948. The van der Waals surface area contributed by atoms with E-state index in [4.69, 9.17) is 16.0 Å². The smallest absolute Gasteiger partial charge is 0.261 e.